The number of aliphatic imine (C=N–C) groups is 1. The molecule has 1 aromatic rings. The van der Waals surface area contributed by atoms with E-state index in [1.54, 1.807) is 19.9 Å². The van der Waals surface area contributed by atoms with Crippen LogP contribution in [0.15, 0.2) is 17.1 Å². The lowest BCUT2D eigenvalue weighted by Crippen LogP contribution is -2.09. The van der Waals surface area contributed by atoms with E-state index in [1.165, 1.54) is 0 Å². The first kappa shape index (κ1) is 13.9. The first-order valence-electron chi connectivity index (χ1n) is 5.35. The molecule has 0 aliphatic rings. The average Bonchev–Trinajstić information content (AvgIpc) is 2.34. The molecular weight excluding hydrogens is 242 g/mol. The van der Waals surface area contributed by atoms with Gasteiger partial charge in [0.05, 0.1) is 18.8 Å². The highest BCUT2D eigenvalue weighted by molar-refractivity contribution is 5.71. The Bertz CT molecular complexity index is 488. The van der Waals surface area contributed by atoms with Crippen molar-refractivity contribution >= 4 is 11.8 Å². The van der Waals surface area contributed by atoms with Crippen molar-refractivity contribution in [3.63, 3.8) is 0 Å². The summed E-state index contributed by atoms with van der Waals surface area (Å²) in [6, 6.07) is 3.15. The first-order chi connectivity index (χ1) is 8.62. The van der Waals surface area contributed by atoms with Gasteiger partial charge in [-0.1, -0.05) is 0 Å². The molecule has 0 saturated heterocycles. The maximum atomic E-state index is 13.5. The van der Waals surface area contributed by atoms with E-state index >= 15 is 0 Å². The third-order valence-electron chi connectivity index (χ3n) is 1.90. The fraction of sp³-hybridized carbons (Fsp3) is 0.333. The number of rotatable bonds is 3. The minimum atomic E-state index is -0.843. The molecular formula is C12H12F2N2O2. The van der Waals surface area contributed by atoms with Gasteiger partial charge in [-0.3, -0.25) is 0 Å². The van der Waals surface area contributed by atoms with E-state index in [2.05, 4.69) is 4.99 Å². The molecule has 0 saturated carbocycles. The number of hydrogen-bond donors (Lipinski definition) is 0. The summed E-state index contributed by atoms with van der Waals surface area (Å²) in [5, 5.41) is 8.54. The van der Waals surface area contributed by atoms with Crippen molar-refractivity contribution in [1.29, 1.82) is 5.26 Å². The molecule has 0 aromatic heterocycles. The second kappa shape index (κ2) is 6.55. The van der Waals surface area contributed by atoms with Crippen LogP contribution < -0.4 is 0 Å². The van der Waals surface area contributed by atoms with Gasteiger partial charge in [-0.05, 0) is 19.9 Å². The van der Waals surface area contributed by atoms with Gasteiger partial charge in [0.2, 0.25) is 0 Å². The van der Waals surface area contributed by atoms with E-state index in [4.69, 9.17) is 14.7 Å². The number of ether oxygens (including phenoxy) is 2. The van der Waals surface area contributed by atoms with Crippen molar-refractivity contribution in [3.8, 4) is 6.07 Å². The molecule has 0 spiro atoms. The Balaban J connectivity index is 3.12. The summed E-state index contributed by atoms with van der Waals surface area (Å²) in [6.07, 6.45) is -0.136. The van der Waals surface area contributed by atoms with Gasteiger partial charge in [-0.2, -0.15) is 10.3 Å². The minimum absolute atomic E-state index is 0.136. The maximum Gasteiger partial charge on any atom is 0.388 e. The Kier molecular flexibility index (Phi) is 5.06. The third kappa shape index (κ3) is 3.42. The zero-order valence-corrected chi connectivity index (χ0v) is 10.0. The molecule has 0 aliphatic carbocycles. The average molecular weight is 254 g/mol. The molecule has 0 amide bonds. The SMILES string of the molecule is CCOC(=Nc1cc(F)c(C#N)cc1F)OCC. The van der Waals surface area contributed by atoms with Crippen LogP contribution >= 0.6 is 0 Å². The molecule has 6 heteroatoms. The Morgan fingerprint density at radius 2 is 1.83 bits per heavy atom. The zero-order valence-electron chi connectivity index (χ0n) is 10.0. The Labute approximate surface area is 103 Å². The van der Waals surface area contributed by atoms with Gasteiger partial charge >= 0.3 is 6.08 Å². The number of nitriles is 1. The van der Waals surface area contributed by atoms with Crippen molar-refractivity contribution in [3.05, 3.63) is 29.3 Å². The first-order valence-corrected chi connectivity index (χ1v) is 5.35. The van der Waals surface area contributed by atoms with Gasteiger partial charge in [-0.15, -0.1) is 0 Å². The highest BCUT2D eigenvalue weighted by Gasteiger charge is 2.11. The summed E-state index contributed by atoms with van der Waals surface area (Å²) < 4.78 is 36.9. The number of hydrogen-bond acceptors (Lipinski definition) is 4. The Morgan fingerprint density at radius 1 is 1.22 bits per heavy atom. The lowest BCUT2D eigenvalue weighted by atomic mass is 10.2. The van der Waals surface area contributed by atoms with Crippen molar-refractivity contribution in [1.82, 2.24) is 0 Å². The molecule has 0 N–H and O–H groups in total. The fourth-order valence-corrected chi connectivity index (χ4v) is 1.16. The Morgan fingerprint density at radius 3 is 2.33 bits per heavy atom. The van der Waals surface area contributed by atoms with Crippen LogP contribution in [-0.2, 0) is 9.47 Å². The van der Waals surface area contributed by atoms with E-state index < -0.39 is 11.6 Å². The van der Waals surface area contributed by atoms with Crippen molar-refractivity contribution in [2.75, 3.05) is 13.2 Å². The van der Waals surface area contributed by atoms with Crippen LogP contribution in [0.4, 0.5) is 14.5 Å². The van der Waals surface area contributed by atoms with E-state index in [0.717, 1.165) is 12.1 Å². The van der Waals surface area contributed by atoms with Crippen molar-refractivity contribution < 1.29 is 18.3 Å². The highest BCUT2D eigenvalue weighted by Crippen LogP contribution is 2.22. The summed E-state index contributed by atoms with van der Waals surface area (Å²) in [6.45, 7) is 4.01. The van der Waals surface area contributed by atoms with Crippen LogP contribution in [0.25, 0.3) is 0 Å². The number of halogens is 2. The highest BCUT2D eigenvalue weighted by atomic mass is 19.1. The fourth-order valence-electron chi connectivity index (χ4n) is 1.16. The molecule has 1 aromatic carbocycles. The quantitative estimate of drug-likeness (QED) is 0.615. The van der Waals surface area contributed by atoms with Crippen LogP contribution in [0.1, 0.15) is 19.4 Å². The predicted octanol–water partition coefficient (Wildman–Crippen LogP) is 2.90. The second-order valence-electron chi connectivity index (χ2n) is 3.14. The van der Waals surface area contributed by atoms with Gasteiger partial charge in [-0.25, -0.2) is 8.78 Å². The molecule has 4 nitrogen and oxygen atoms in total. The van der Waals surface area contributed by atoms with Crippen LogP contribution in [0.3, 0.4) is 0 Å². The van der Waals surface area contributed by atoms with E-state index in [0.29, 0.717) is 13.2 Å². The zero-order chi connectivity index (χ0) is 13.5. The summed E-state index contributed by atoms with van der Waals surface area (Å²) >= 11 is 0. The number of benzene rings is 1. The van der Waals surface area contributed by atoms with E-state index in [-0.39, 0.29) is 17.3 Å². The molecule has 96 valence electrons. The van der Waals surface area contributed by atoms with Gasteiger partial charge in [0.1, 0.15) is 17.6 Å². The van der Waals surface area contributed by atoms with Crippen molar-refractivity contribution in [2.45, 2.75) is 13.8 Å². The summed E-state index contributed by atoms with van der Waals surface area (Å²) in [7, 11) is 0. The molecule has 0 atom stereocenters. The third-order valence-corrected chi connectivity index (χ3v) is 1.90. The topological polar surface area (TPSA) is 54.6 Å². The predicted molar refractivity (Wildman–Crippen MR) is 61.4 cm³/mol. The van der Waals surface area contributed by atoms with Gasteiger partial charge in [0.25, 0.3) is 0 Å². The smallest absolute Gasteiger partial charge is 0.388 e. The van der Waals surface area contributed by atoms with Crippen molar-refractivity contribution in [2.24, 2.45) is 4.99 Å². The molecule has 0 aliphatic heterocycles. The van der Waals surface area contributed by atoms with E-state index in [1.807, 2.05) is 0 Å². The largest absolute Gasteiger partial charge is 0.451 e. The molecule has 18 heavy (non-hydrogen) atoms. The lowest BCUT2D eigenvalue weighted by Gasteiger charge is -2.07. The molecule has 1 rings (SSSR count). The van der Waals surface area contributed by atoms with Gasteiger partial charge in [0.15, 0.2) is 5.82 Å². The summed E-state index contributed by atoms with van der Waals surface area (Å²) in [4.78, 5) is 3.72. The molecule has 0 bridgehead atoms. The summed E-state index contributed by atoms with van der Waals surface area (Å²) in [5.41, 5.74) is -0.649. The maximum absolute atomic E-state index is 13.5. The van der Waals surface area contributed by atoms with Gasteiger partial charge < -0.3 is 9.47 Å². The normalized spacial score (nSPS) is 9.50. The molecule has 0 heterocycles. The molecule has 0 unspecified atom stereocenters. The number of nitrogens with zero attached hydrogens (tertiary/aromatic N) is 2. The molecule has 0 fully saturated rings. The molecule has 0 radical (unpaired) electrons. The Hall–Kier alpha value is -2.16. The standard InChI is InChI=1S/C12H12F2N2O2/c1-3-17-12(18-4-2)16-11-6-9(13)8(7-15)5-10(11)14/h5-6H,3-4H2,1-2H3. The summed E-state index contributed by atoms with van der Waals surface area (Å²) in [5.74, 6) is -1.66. The van der Waals surface area contributed by atoms with Crippen LogP contribution in [0.5, 0.6) is 0 Å². The monoisotopic (exact) mass is 254 g/mol. The second-order valence-corrected chi connectivity index (χ2v) is 3.14. The van der Waals surface area contributed by atoms with Crippen LogP contribution in [-0.4, -0.2) is 19.3 Å². The minimum Gasteiger partial charge on any atom is -0.451 e. The van der Waals surface area contributed by atoms with Gasteiger partial charge in [0, 0.05) is 6.07 Å². The lowest BCUT2D eigenvalue weighted by molar-refractivity contribution is 0.181. The van der Waals surface area contributed by atoms with E-state index in [9.17, 15) is 8.78 Å². The van der Waals surface area contributed by atoms with Crippen LogP contribution in [0, 0.1) is 23.0 Å². The van der Waals surface area contributed by atoms with Crippen LogP contribution in [0.2, 0.25) is 0 Å².